The van der Waals surface area contributed by atoms with Gasteiger partial charge in [-0.1, -0.05) is 53.1 Å². The highest BCUT2D eigenvalue weighted by Gasteiger charge is 2.17. The van der Waals surface area contributed by atoms with Gasteiger partial charge in [-0.25, -0.2) is 5.43 Å². The molecule has 0 fully saturated rings. The molecule has 156 valence electrons. The third kappa shape index (κ3) is 5.63. The Hall–Kier alpha value is -3.27. The maximum atomic E-state index is 11.9. The van der Waals surface area contributed by atoms with Crippen molar-refractivity contribution in [2.24, 2.45) is 0 Å². The number of carbonyl (C=O) groups is 2. The minimum absolute atomic E-state index is 0.0108. The minimum atomic E-state index is -0.215. The largest absolute Gasteiger partial charge is 0.401 e. The van der Waals surface area contributed by atoms with Crippen LogP contribution in [0.2, 0.25) is 5.02 Å². The molecule has 30 heavy (non-hydrogen) atoms. The summed E-state index contributed by atoms with van der Waals surface area (Å²) in [6, 6.07) is 16.4. The van der Waals surface area contributed by atoms with Gasteiger partial charge < -0.3 is 4.42 Å². The first kappa shape index (κ1) is 21.4. The fraction of sp³-hybridized carbons (Fsp3) is 0.200. The Morgan fingerprint density at radius 1 is 1.17 bits per heavy atom. The molecule has 2 aromatic carbocycles. The van der Waals surface area contributed by atoms with Gasteiger partial charge in [-0.2, -0.15) is 0 Å². The van der Waals surface area contributed by atoms with E-state index in [1.165, 1.54) is 11.9 Å². The molecule has 9 nitrogen and oxygen atoms in total. The van der Waals surface area contributed by atoms with E-state index < -0.39 is 0 Å². The number of anilines is 1. The molecule has 0 unspecified atom stereocenters. The van der Waals surface area contributed by atoms with Crippen molar-refractivity contribution in [3.63, 3.8) is 0 Å². The van der Waals surface area contributed by atoms with Crippen molar-refractivity contribution < 1.29 is 18.8 Å². The molecule has 1 N–H and O–H groups in total. The first-order valence-electron chi connectivity index (χ1n) is 9.10. The third-order valence-corrected chi connectivity index (χ3v) is 4.43. The molecule has 2 amide bonds. The Morgan fingerprint density at radius 2 is 1.90 bits per heavy atom. The molecule has 0 bridgehead atoms. The van der Waals surface area contributed by atoms with Gasteiger partial charge in [0.05, 0.1) is 13.2 Å². The van der Waals surface area contributed by atoms with Gasteiger partial charge in [0.15, 0.2) is 0 Å². The third-order valence-electron chi connectivity index (χ3n) is 4.06. The second-order valence-electron chi connectivity index (χ2n) is 6.12. The zero-order valence-electron chi connectivity index (χ0n) is 16.2. The van der Waals surface area contributed by atoms with Crippen LogP contribution in [0.3, 0.4) is 0 Å². The molecule has 0 saturated carbocycles. The van der Waals surface area contributed by atoms with Crippen LogP contribution in [0.25, 0.3) is 11.5 Å². The summed E-state index contributed by atoms with van der Waals surface area (Å²) >= 11 is 6.13. The van der Waals surface area contributed by atoms with Crippen molar-refractivity contribution in [2.45, 2.75) is 13.5 Å². The fourth-order valence-corrected chi connectivity index (χ4v) is 2.74. The van der Waals surface area contributed by atoms with Crippen LogP contribution in [0.5, 0.6) is 0 Å². The maximum absolute atomic E-state index is 11.9. The van der Waals surface area contributed by atoms with E-state index in [0.717, 1.165) is 10.6 Å². The van der Waals surface area contributed by atoms with E-state index >= 15 is 0 Å². The van der Waals surface area contributed by atoms with Crippen LogP contribution in [0, 0.1) is 0 Å². The number of benzene rings is 2. The number of halogens is 1. The molecule has 0 atom stereocenters. The molecule has 1 heterocycles. The SMILES string of the molecule is CC(=O)N(CCON(C=O)c1nnc(-c2ccccc2)o1)NCc1ccccc1Cl. The number of hydroxylamine groups is 1. The van der Waals surface area contributed by atoms with Crippen molar-refractivity contribution in [2.75, 3.05) is 18.2 Å². The van der Waals surface area contributed by atoms with Gasteiger partial charge in [0.1, 0.15) is 0 Å². The zero-order valence-corrected chi connectivity index (χ0v) is 17.0. The second kappa shape index (κ2) is 10.5. The van der Waals surface area contributed by atoms with Crippen molar-refractivity contribution in [1.82, 2.24) is 20.6 Å². The Balaban J connectivity index is 1.55. The second-order valence-corrected chi connectivity index (χ2v) is 6.52. The monoisotopic (exact) mass is 429 g/mol. The van der Waals surface area contributed by atoms with E-state index in [2.05, 4.69) is 15.6 Å². The molecule has 0 aliphatic rings. The van der Waals surface area contributed by atoms with Crippen molar-refractivity contribution in [3.05, 3.63) is 65.2 Å². The summed E-state index contributed by atoms with van der Waals surface area (Å²) in [5.74, 6) is 0.0419. The summed E-state index contributed by atoms with van der Waals surface area (Å²) in [7, 11) is 0. The minimum Gasteiger partial charge on any atom is -0.401 e. The predicted octanol–water partition coefficient (Wildman–Crippen LogP) is 2.84. The molecule has 3 rings (SSSR count). The van der Waals surface area contributed by atoms with Crippen LogP contribution in [0.1, 0.15) is 12.5 Å². The van der Waals surface area contributed by atoms with Crippen LogP contribution in [0.4, 0.5) is 6.01 Å². The van der Waals surface area contributed by atoms with E-state index in [-0.39, 0.29) is 31.0 Å². The average Bonchev–Trinajstić information content (AvgIpc) is 3.25. The Bertz CT molecular complexity index is 982. The van der Waals surface area contributed by atoms with Crippen LogP contribution in [0.15, 0.2) is 59.0 Å². The first-order chi connectivity index (χ1) is 14.6. The standard InChI is InChI=1S/C20H20ClN5O4/c1-15(28)25(22-13-17-9-5-6-10-18(17)21)11-12-29-26(14-27)20-24-23-19(30-20)16-7-3-2-4-8-16/h2-10,14,22H,11-13H2,1H3. The molecular formula is C20H20ClN5O4. The molecule has 0 saturated heterocycles. The number of aromatic nitrogens is 2. The van der Waals surface area contributed by atoms with E-state index in [4.69, 9.17) is 20.9 Å². The highest BCUT2D eigenvalue weighted by atomic mass is 35.5. The van der Waals surface area contributed by atoms with Gasteiger partial charge in [-0.3, -0.25) is 19.4 Å². The smallest absolute Gasteiger partial charge is 0.350 e. The van der Waals surface area contributed by atoms with Gasteiger partial charge in [-0.15, -0.1) is 10.2 Å². The van der Waals surface area contributed by atoms with Gasteiger partial charge in [-0.05, 0) is 23.8 Å². The normalized spacial score (nSPS) is 10.6. The molecule has 0 aliphatic carbocycles. The molecule has 0 spiro atoms. The quantitative estimate of drug-likeness (QED) is 0.390. The van der Waals surface area contributed by atoms with Gasteiger partial charge in [0, 0.05) is 24.1 Å². The number of nitrogens with zero attached hydrogens (tertiary/aromatic N) is 4. The summed E-state index contributed by atoms with van der Waals surface area (Å²) in [6.07, 6.45) is 0.414. The van der Waals surface area contributed by atoms with Crippen LogP contribution < -0.4 is 10.5 Å². The summed E-state index contributed by atoms with van der Waals surface area (Å²) in [5, 5.41) is 10.5. The number of hydrogen-bond acceptors (Lipinski definition) is 7. The lowest BCUT2D eigenvalue weighted by Gasteiger charge is -2.23. The van der Waals surface area contributed by atoms with Gasteiger partial charge >= 0.3 is 6.01 Å². The number of amides is 2. The van der Waals surface area contributed by atoms with Crippen molar-refractivity contribution in [1.29, 1.82) is 0 Å². The fourth-order valence-electron chi connectivity index (χ4n) is 2.53. The van der Waals surface area contributed by atoms with E-state index in [9.17, 15) is 9.59 Å². The maximum Gasteiger partial charge on any atom is 0.350 e. The summed E-state index contributed by atoms with van der Waals surface area (Å²) in [4.78, 5) is 28.6. The number of hydrazine groups is 1. The topological polar surface area (TPSA) is 101 Å². The van der Waals surface area contributed by atoms with Crippen molar-refractivity contribution >= 4 is 29.9 Å². The first-order valence-corrected chi connectivity index (χ1v) is 9.47. The van der Waals surface area contributed by atoms with E-state index in [1.54, 1.807) is 18.2 Å². The molecule has 0 aliphatic heterocycles. The highest BCUT2D eigenvalue weighted by Crippen LogP contribution is 2.21. The van der Waals surface area contributed by atoms with Gasteiger partial charge in [0.2, 0.25) is 18.2 Å². The number of nitrogens with one attached hydrogen (secondary N) is 1. The average molecular weight is 430 g/mol. The molecule has 3 aromatic rings. The predicted molar refractivity (Wildman–Crippen MR) is 110 cm³/mol. The van der Waals surface area contributed by atoms with E-state index in [0.29, 0.717) is 23.5 Å². The van der Waals surface area contributed by atoms with Crippen LogP contribution in [-0.2, 0) is 21.0 Å². The molecule has 0 radical (unpaired) electrons. The Kier molecular flexibility index (Phi) is 7.50. The highest BCUT2D eigenvalue weighted by molar-refractivity contribution is 6.31. The lowest BCUT2D eigenvalue weighted by molar-refractivity contribution is -0.133. The summed E-state index contributed by atoms with van der Waals surface area (Å²) < 4.78 is 5.48. The van der Waals surface area contributed by atoms with E-state index in [1.807, 2.05) is 36.4 Å². The molecule has 1 aromatic heterocycles. The Morgan fingerprint density at radius 3 is 2.60 bits per heavy atom. The number of rotatable bonds is 10. The molecular weight excluding hydrogens is 410 g/mol. The van der Waals surface area contributed by atoms with Crippen LogP contribution >= 0.6 is 11.6 Å². The molecule has 10 heteroatoms. The summed E-state index contributed by atoms with van der Waals surface area (Å²) in [5.41, 5.74) is 4.56. The Labute approximate surface area is 178 Å². The van der Waals surface area contributed by atoms with Crippen molar-refractivity contribution in [3.8, 4) is 11.5 Å². The number of carbonyl (C=O) groups excluding carboxylic acids is 2. The lowest BCUT2D eigenvalue weighted by Crippen LogP contribution is -2.44. The zero-order chi connectivity index (χ0) is 21.3. The van der Waals surface area contributed by atoms with Gasteiger partial charge in [0.25, 0.3) is 0 Å². The van der Waals surface area contributed by atoms with Crippen LogP contribution in [-0.4, -0.2) is 40.7 Å². The summed E-state index contributed by atoms with van der Waals surface area (Å²) in [6.45, 7) is 1.96. The number of hydrogen-bond donors (Lipinski definition) is 1. The lowest BCUT2D eigenvalue weighted by atomic mass is 10.2.